The molecule has 0 radical (unpaired) electrons. The van der Waals surface area contributed by atoms with Gasteiger partial charge in [-0.3, -0.25) is 5.10 Å². The molecule has 21 heavy (non-hydrogen) atoms. The number of aromatic amines is 1. The standard InChI is InChI=1S/C15H17N5S/c1-10-8-20(7-6-16-10)15-17-14(18-19-15)12-9-21-13-5-3-2-4-11(12)13/h2-5,9-10,16H,6-8H2,1H3,(H,17,18,19). The molecule has 1 saturated heterocycles. The van der Waals surface area contributed by atoms with Crippen molar-refractivity contribution in [3.8, 4) is 11.4 Å². The average Bonchev–Trinajstić information content (AvgIpc) is 3.14. The van der Waals surface area contributed by atoms with Crippen LogP contribution in [0.1, 0.15) is 6.92 Å². The maximum atomic E-state index is 4.70. The van der Waals surface area contributed by atoms with Crippen molar-refractivity contribution in [3.63, 3.8) is 0 Å². The first kappa shape index (κ1) is 12.8. The second-order valence-corrected chi connectivity index (χ2v) is 6.34. The summed E-state index contributed by atoms with van der Waals surface area (Å²) in [5, 5.41) is 14.3. The van der Waals surface area contributed by atoms with Crippen LogP contribution in [0.5, 0.6) is 0 Å². The third kappa shape index (κ3) is 2.30. The predicted octanol–water partition coefficient (Wildman–Crippen LogP) is 2.48. The van der Waals surface area contributed by atoms with Crippen molar-refractivity contribution in [2.24, 2.45) is 0 Å². The Morgan fingerprint density at radius 1 is 1.33 bits per heavy atom. The number of fused-ring (bicyclic) bond motifs is 1. The largest absolute Gasteiger partial charge is 0.337 e. The van der Waals surface area contributed by atoms with Crippen molar-refractivity contribution in [1.29, 1.82) is 0 Å². The number of anilines is 1. The minimum Gasteiger partial charge on any atom is -0.337 e. The Morgan fingerprint density at radius 3 is 3.14 bits per heavy atom. The number of hydrogen-bond acceptors (Lipinski definition) is 5. The monoisotopic (exact) mass is 299 g/mol. The fraction of sp³-hybridized carbons (Fsp3) is 0.333. The molecule has 5 nitrogen and oxygen atoms in total. The lowest BCUT2D eigenvalue weighted by Gasteiger charge is -2.30. The zero-order chi connectivity index (χ0) is 14.2. The number of aromatic nitrogens is 3. The topological polar surface area (TPSA) is 56.8 Å². The van der Waals surface area contributed by atoms with E-state index in [4.69, 9.17) is 4.98 Å². The second kappa shape index (κ2) is 5.13. The van der Waals surface area contributed by atoms with Crippen molar-refractivity contribution in [2.45, 2.75) is 13.0 Å². The van der Waals surface area contributed by atoms with Gasteiger partial charge in [-0.2, -0.15) is 4.98 Å². The van der Waals surface area contributed by atoms with Crippen LogP contribution in [-0.2, 0) is 0 Å². The number of nitrogens with one attached hydrogen (secondary N) is 2. The van der Waals surface area contributed by atoms with Crippen LogP contribution < -0.4 is 10.2 Å². The minimum absolute atomic E-state index is 0.475. The Morgan fingerprint density at radius 2 is 2.24 bits per heavy atom. The van der Waals surface area contributed by atoms with Crippen molar-refractivity contribution >= 4 is 27.4 Å². The van der Waals surface area contributed by atoms with Gasteiger partial charge in [0.1, 0.15) is 0 Å². The summed E-state index contributed by atoms with van der Waals surface area (Å²) in [5.41, 5.74) is 1.14. The van der Waals surface area contributed by atoms with E-state index in [2.05, 4.69) is 57.0 Å². The molecule has 1 unspecified atom stereocenters. The van der Waals surface area contributed by atoms with E-state index in [1.54, 1.807) is 11.3 Å². The highest BCUT2D eigenvalue weighted by molar-refractivity contribution is 7.17. The summed E-state index contributed by atoms with van der Waals surface area (Å²) in [6, 6.07) is 8.88. The molecule has 0 aliphatic carbocycles. The van der Waals surface area contributed by atoms with Crippen molar-refractivity contribution in [1.82, 2.24) is 20.5 Å². The lowest BCUT2D eigenvalue weighted by molar-refractivity contribution is 0.480. The first-order chi connectivity index (χ1) is 10.3. The summed E-state index contributed by atoms with van der Waals surface area (Å²) in [6.07, 6.45) is 0. The summed E-state index contributed by atoms with van der Waals surface area (Å²) in [4.78, 5) is 6.93. The molecule has 0 amide bonds. The van der Waals surface area contributed by atoms with Gasteiger partial charge in [-0.1, -0.05) is 18.2 Å². The van der Waals surface area contributed by atoms with E-state index in [9.17, 15) is 0 Å². The first-order valence-corrected chi connectivity index (χ1v) is 8.06. The van der Waals surface area contributed by atoms with Gasteiger partial charge in [0.05, 0.1) is 0 Å². The van der Waals surface area contributed by atoms with Crippen LogP contribution in [0, 0.1) is 0 Å². The van der Waals surface area contributed by atoms with Gasteiger partial charge in [0.2, 0.25) is 5.95 Å². The van der Waals surface area contributed by atoms with Crippen LogP contribution in [0.2, 0.25) is 0 Å². The van der Waals surface area contributed by atoms with Crippen molar-refractivity contribution in [3.05, 3.63) is 29.6 Å². The summed E-state index contributed by atoms with van der Waals surface area (Å²) in [5.74, 6) is 1.65. The molecule has 6 heteroatoms. The number of nitrogens with zero attached hydrogens (tertiary/aromatic N) is 3. The lowest BCUT2D eigenvalue weighted by Crippen LogP contribution is -2.49. The predicted molar refractivity (Wildman–Crippen MR) is 86.9 cm³/mol. The number of H-pyrrole nitrogens is 1. The highest BCUT2D eigenvalue weighted by Gasteiger charge is 2.20. The third-order valence-electron chi connectivity index (χ3n) is 3.86. The fourth-order valence-corrected chi connectivity index (χ4v) is 3.74. The highest BCUT2D eigenvalue weighted by Crippen LogP contribution is 2.32. The molecule has 0 spiro atoms. The van der Waals surface area contributed by atoms with Gasteiger partial charge in [0, 0.05) is 46.7 Å². The van der Waals surface area contributed by atoms with Gasteiger partial charge < -0.3 is 10.2 Å². The van der Waals surface area contributed by atoms with Crippen molar-refractivity contribution in [2.75, 3.05) is 24.5 Å². The minimum atomic E-state index is 0.475. The van der Waals surface area contributed by atoms with Crippen LogP contribution >= 0.6 is 11.3 Å². The summed E-state index contributed by atoms with van der Waals surface area (Å²) >= 11 is 1.74. The van der Waals surface area contributed by atoms with E-state index in [1.165, 1.54) is 10.1 Å². The molecule has 3 heterocycles. The fourth-order valence-electron chi connectivity index (χ4n) is 2.79. The smallest absolute Gasteiger partial charge is 0.245 e. The molecule has 1 aliphatic rings. The summed E-state index contributed by atoms with van der Waals surface area (Å²) in [6.45, 7) is 5.06. The Hall–Kier alpha value is -1.92. The van der Waals surface area contributed by atoms with Gasteiger partial charge in [-0.25, -0.2) is 0 Å². The molecule has 1 aromatic carbocycles. The van der Waals surface area contributed by atoms with Crippen LogP contribution in [0.3, 0.4) is 0 Å². The average molecular weight is 299 g/mol. The number of rotatable bonds is 2. The van der Waals surface area contributed by atoms with Crippen LogP contribution in [0.25, 0.3) is 21.5 Å². The Kier molecular flexibility index (Phi) is 3.12. The maximum Gasteiger partial charge on any atom is 0.245 e. The Bertz CT molecular complexity index is 762. The normalized spacial score (nSPS) is 19.3. The van der Waals surface area contributed by atoms with Gasteiger partial charge in [0.25, 0.3) is 0 Å². The van der Waals surface area contributed by atoms with Gasteiger partial charge in [-0.15, -0.1) is 16.4 Å². The molecule has 108 valence electrons. The van der Waals surface area contributed by atoms with E-state index in [-0.39, 0.29) is 0 Å². The highest BCUT2D eigenvalue weighted by atomic mass is 32.1. The molecule has 2 aromatic heterocycles. The van der Waals surface area contributed by atoms with E-state index < -0.39 is 0 Å². The third-order valence-corrected chi connectivity index (χ3v) is 4.82. The summed E-state index contributed by atoms with van der Waals surface area (Å²) in [7, 11) is 0. The number of thiophene rings is 1. The number of benzene rings is 1. The van der Waals surface area contributed by atoms with Crippen LogP contribution in [0.4, 0.5) is 5.95 Å². The number of hydrogen-bond donors (Lipinski definition) is 2. The zero-order valence-corrected chi connectivity index (χ0v) is 12.7. The first-order valence-electron chi connectivity index (χ1n) is 7.18. The Labute approximate surface area is 127 Å². The van der Waals surface area contributed by atoms with Crippen LogP contribution in [0.15, 0.2) is 29.6 Å². The molecule has 4 rings (SSSR count). The lowest BCUT2D eigenvalue weighted by atomic mass is 10.2. The van der Waals surface area contributed by atoms with Crippen LogP contribution in [-0.4, -0.2) is 40.9 Å². The maximum absolute atomic E-state index is 4.70. The van der Waals surface area contributed by atoms with E-state index >= 15 is 0 Å². The molecule has 2 N–H and O–H groups in total. The molecule has 1 aliphatic heterocycles. The van der Waals surface area contributed by atoms with Gasteiger partial charge in [0.15, 0.2) is 5.82 Å². The Balaban J connectivity index is 1.68. The molecular formula is C15H17N5S. The molecule has 1 fully saturated rings. The number of piperazine rings is 1. The molecule has 1 atom stereocenters. The quantitative estimate of drug-likeness (QED) is 0.763. The van der Waals surface area contributed by atoms with Gasteiger partial charge >= 0.3 is 0 Å². The SMILES string of the molecule is CC1CN(c2n[nH]c(-c3csc4ccccc34)n2)CCN1. The van der Waals surface area contributed by atoms with Gasteiger partial charge in [-0.05, 0) is 13.0 Å². The molecule has 0 bridgehead atoms. The van der Waals surface area contributed by atoms with E-state index in [0.29, 0.717) is 6.04 Å². The molecule has 3 aromatic rings. The van der Waals surface area contributed by atoms with E-state index in [0.717, 1.165) is 37.0 Å². The second-order valence-electron chi connectivity index (χ2n) is 5.43. The van der Waals surface area contributed by atoms with Crippen molar-refractivity contribution < 1.29 is 0 Å². The zero-order valence-electron chi connectivity index (χ0n) is 11.8. The molecule has 0 saturated carbocycles. The summed E-state index contributed by atoms with van der Waals surface area (Å²) < 4.78 is 1.28. The molecular weight excluding hydrogens is 282 g/mol. The van der Waals surface area contributed by atoms with E-state index in [1.807, 2.05) is 0 Å².